The summed E-state index contributed by atoms with van der Waals surface area (Å²) in [5.41, 5.74) is 3.90. The van der Waals surface area contributed by atoms with Gasteiger partial charge in [0.2, 0.25) is 0 Å². The van der Waals surface area contributed by atoms with Crippen molar-refractivity contribution in [2.75, 3.05) is 25.0 Å². The van der Waals surface area contributed by atoms with E-state index in [1.165, 1.54) is 6.42 Å². The third kappa shape index (κ3) is 2.95. The molecule has 0 saturated carbocycles. The molecule has 0 spiro atoms. The molecule has 26 heavy (non-hydrogen) atoms. The first-order chi connectivity index (χ1) is 12.6. The van der Waals surface area contributed by atoms with Crippen molar-refractivity contribution in [3.05, 3.63) is 27.2 Å². The Balaban J connectivity index is 1.93. The summed E-state index contributed by atoms with van der Waals surface area (Å²) in [5, 5.41) is 15.9. The van der Waals surface area contributed by atoms with E-state index in [1.54, 1.807) is 4.68 Å². The van der Waals surface area contributed by atoms with Crippen LogP contribution in [0.5, 0.6) is 0 Å². The van der Waals surface area contributed by atoms with Crippen molar-refractivity contribution in [2.24, 2.45) is 7.05 Å². The second kappa shape index (κ2) is 7.28. The van der Waals surface area contributed by atoms with E-state index in [1.807, 2.05) is 24.0 Å². The van der Waals surface area contributed by atoms with Gasteiger partial charge in [0.15, 0.2) is 5.65 Å². The van der Waals surface area contributed by atoms with Gasteiger partial charge in [-0.15, -0.1) is 0 Å². The van der Waals surface area contributed by atoms with E-state index in [4.69, 9.17) is 4.98 Å². The van der Waals surface area contributed by atoms with E-state index >= 15 is 0 Å². The molecule has 0 amide bonds. The maximum atomic E-state index is 5.04. The molecule has 7 nitrogen and oxygen atoms in total. The number of aryl methyl sites for hydroxylation is 1. The van der Waals surface area contributed by atoms with Crippen LogP contribution >= 0.6 is 31.9 Å². The zero-order chi connectivity index (χ0) is 18.3. The quantitative estimate of drug-likeness (QED) is 0.594. The molecular weight excluding hydrogens is 462 g/mol. The Morgan fingerprint density at radius 3 is 2.73 bits per heavy atom. The van der Waals surface area contributed by atoms with Crippen LogP contribution in [0.3, 0.4) is 0 Å². The van der Waals surface area contributed by atoms with Crippen molar-refractivity contribution in [2.45, 2.75) is 25.7 Å². The highest BCUT2D eigenvalue weighted by atomic mass is 79.9. The molecule has 1 aliphatic rings. The molecule has 1 atom stereocenters. The van der Waals surface area contributed by atoms with Crippen LogP contribution in [0.1, 0.15) is 31.4 Å². The summed E-state index contributed by atoms with van der Waals surface area (Å²) in [6.07, 6.45) is 6.01. The summed E-state index contributed by atoms with van der Waals surface area (Å²) in [5.74, 6) is 1.34. The number of nitrogens with zero attached hydrogens (tertiary/aromatic N) is 5. The maximum Gasteiger partial charge on any atom is 0.165 e. The van der Waals surface area contributed by atoms with E-state index in [9.17, 15) is 0 Å². The predicted molar refractivity (Wildman–Crippen MR) is 110 cm³/mol. The molecule has 4 heterocycles. The van der Waals surface area contributed by atoms with Crippen LogP contribution in [-0.4, -0.2) is 44.0 Å². The highest BCUT2D eigenvalue weighted by Crippen LogP contribution is 2.37. The summed E-state index contributed by atoms with van der Waals surface area (Å²) in [7, 11) is 1.91. The Morgan fingerprint density at radius 1 is 1.27 bits per heavy atom. The van der Waals surface area contributed by atoms with Gasteiger partial charge >= 0.3 is 0 Å². The SMILES string of the molecule is CCNc1c(Br)c(C2CCCNC2)nc2c(-c3cnn(C)c3Br)cnn12. The van der Waals surface area contributed by atoms with Gasteiger partial charge in [-0.05, 0) is 58.2 Å². The molecule has 4 rings (SSSR count). The number of fused-ring (bicyclic) bond motifs is 1. The maximum absolute atomic E-state index is 5.04. The number of hydrogen-bond donors (Lipinski definition) is 2. The summed E-state index contributed by atoms with van der Waals surface area (Å²) in [6, 6.07) is 0. The fourth-order valence-electron chi connectivity index (χ4n) is 3.46. The van der Waals surface area contributed by atoms with Crippen molar-refractivity contribution in [3.8, 4) is 11.1 Å². The van der Waals surface area contributed by atoms with Crippen LogP contribution in [0.2, 0.25) is 0 Å². The van der Waals surface area contributed by atoms with Crippen molar-refractivity contribution in [3.63, 3.8) is 0 Å². The predicted octanol–water partition coefficient (Wildman–Crippen LogP) is 3.55. The number of hydrogen-bond acceptors (Lipinski definition) is 5. The molecular formula is C17H21Br2N7. The third-order valence-corrected chi connectivity index (χ3v) is 6.52. The van der Waals surface area contributed by atoms with Crippen LogP contribution in [0.15, 0.2) is 21.5 Å². The van der Waals surface area contributed by atoms with Gasteiger partial charge in [0.1, 0.15) is 10.4 Å². The third-order valence-electron chi connectivity index (χ3n) is 4.80. The lowest BCUT2D eigenvalue weighted by atomic mass is 9.96. The Kier molecular flexibility index (Phi) is 5.02. The molecule has 2 N–H and O–H groups in total. The summed E-state index contributed by atoms with van der Waals surface area (Å²) >= 11 is 7.40. The molecule has 9 heteroatoms. The van der Waals surface area contributed by atoms with Gasteiger partial charge in [0, 0.05) is 31.6 Å². The van der Waals surface area contributed by atoms with Crippen molar-refractivity contribution >= 4 is 43.3 Å². The average molecular weight is 483 g/mol. The van der Waals surface area contributed by atoms with Crippen LogP contribution in [0.25, 0.3) is 16.8 Å². The van der Waals surface area contributed by atoms with Gasteiger partial charge < -0.3 is 10.6 Å². The lowest BCUT2D eigenvalue weighted by Crippen LogP contribution is -2.29. The number of nitrogens with one attached hydrogen (secondary N) is 2. The monoisotopic (exact) mass is 481 g/mol. The van der Waals surface area contributed by atoms with E-state index < -0.39 is 0 Å². The highest BCUT2D eigenvalue weighted by molar-refractivity contribution is 9.11. The average Bonchev–Trinajstić information content (AvgIpc) is 3.21. The Bertz CT molecular complexity index is 940. The van der Waals surface area contributed by atoms with Gasteiger partial charge in [-0.3, -0.25) is 4.68 Å². The lowest BCUT2D eigenvalue weighted by Gasteiger charge is -2.24. The van der Waals surface area contributed by atoms with Gasteiger partial charge in [0.25, 0.3) is 0 Å². The van der Waals surface area contributed by atoms with Gasteiger partial charge in [0.05, 0.1) is 28.1 Å². The first kappa shape index (κ1) is 17.9. The highest BCUT2D eigenvalue weighted by Gasteiger charge is 2.25. The molecule has 0 aliphatic carbocycles. The standard InChI is InChI=1S/C17H21Br2N7/c1-3-21-17-13(18)14(10-5-4-6-20-7-10)24-16-12(9-23-26(16)17)11-8-22-25(2)15(11)19/h8-10,20-21H,3-7H2,1-2H3. The summed E-state index contributed by atoms with van der Waals surface area (Å²) in [6.45, 7) is 4.93. The molecule has 0 aromatic carbocycles. The van der Waals surface area contributed by atoms with Gasteiger partial charge in [-0.2, -0.15) is 14.7 Å². The van der Waals surface area contributed by atoms with Crippen molar-refractivity contribution in [1.82, 2.24) is 29.7 Å². The first-order valence-corrected chi connectivity index (χ1v) is 10.4. The fourth-order valence-corrected chi connectivity index (χ4v) is 4.59. The van der Waals surface area contributed by atoms with Crippen LogP contribution in [-0.2, 0) is 7.05 Å². The van der Waals surface area contributed by atoms with Gasteiger partial charge in [-0.1, -0.05) is 0 Å². The van der Waals surface area contributed by atoms with Crippen molar-refractivity contribution in [1.29, 1.82) is 0 Å². The van der Waals surface area contributed by atoms with E-state index in [2.05, 4.69) is 59.6 Å². The second-order valence-corrected chi connectivity index (χ2v) is 8.04. The lowest BCUT2D eigenvalue weighted by molar-refractivity contribution is 0.453. The Labute approximate surface area is 168 Å². The molecule has 1 saturated heterocycles. The molecule has 138 valence electrons. The zero-order valence-corrected chi connectivity index (χ0v) is 17.9. The van der Waals surface area contributed by atoms with Gasteiger partial charge in [-0.25, -0.2) is 4.98 Å². The molecule has 3 aromatic rings. The molecule has 3 aromatic heterocycles. The number of aromatic nitrogens is 5. The topological polar surface area (TPSA) is 72.1 Å². The van der Waals surface area contributed by atoms with E-state index in [0.29, 0.717) is 5.92 Å². The first-order valence-electron chi connectivity index (χ1n) is 8.81. The Morgan fingerprint density at radius 2 is 2.08 bits per heavy atom. The van der Waals surface area contributed by atoms with E-state index in [-0.39, 0.29) is 0 Å². The number of piperidine rings is 1. The molecule has 1 aliphatic heterocycles. The minimum absolute atomic E-state index is 0.389. The molecule has 1 fully saturated rings. The molecule has 0 radical (unpaired) electrons. The summed E-state index contributed by atoms with van der Waals surface area (Å²) in [4.78, 5) is 5.04. The number of halogens is 2. The fraction of sp³-hybridized carbons (Fsp3) is 0.471. The van der Waals surface area contributed by atoms with E-state index in [0.717, 1.165) is 63.4 Å². The minimum atomic E-state index is 0.389. The van der Waals surface area contributed by atoms with Crippen LogP contribution < -0.4 is 10.6 Å². The molecule has 1 unspecified atom stereocenters. The minimum Gasteiger partial charge on any atom is -0.369 e. The Hall–Kier alpha value is -1.45. The zero-order valence-electron chi connectivity index (χ0n) is 14.8. The normalized spacial score (nSPS) is 17.8. The second-order valence-electron chi connectivity index (χ2n) is 6.50. The largest absolute Gasteiger partial charge is 0.369 e. The van der Waals surface area contributed by atoms with Crippen LogP contribution in [0.4, 0.5) is 5.82 Å². The number of anilines is 1. The van der Waals surface area contributed by atoms with Crippen molar-refractivity contribution < 1.29 is 0 Å². The molecule has 0 bridgehead atoms. The smallest absolute Gasteiger partial charge is 0.165 e. The summed E-state index contributed by atoms with van der Waals surface area (Å²) < 4.78 is 5.60. The van der Waals surface area contributed by atoms with Crippen LogP contribution in [0, 0.1) is 0 Å². The number of rotatable bonds is 4.